The van der Waals surface area contributed by atoms with Crippen molar-refractivity contribution in [2.24, 2.45) is 0 Å². The van der Waals surface area contributed by atoms with Gasteiger partial charge in [0.2, 0.25) is 5.88 Å². The van der Waals surface area contributed by atoms with Crippen molar-refractivity contribution in [1.82, 2.24) is 4.98 Å². The molecule has 0 fully saturated rings. The number of aliphatic hydroxyl groups is 1. The molecule has 90 valence electrons. The van der Waals surface area contributed by atoms with E-state index in [2.05, 4.69) is 10.3 Å². The molecule has 4 nitrogen and oxygen atoms in total. The summed E-state index contributed by atoms with van der Waals surface area (Å²) in [5.74, 6) is 1.25. The minimum atomic E-state index is -0.519. The summed E-state index contributed by atoms with van der Waals surface area (Å²) in [4.78, 5) is 4.20. The number of ether oxygens (including phenoxy) is 1. The first kappa shape index (κ1) is 11.9. The predicted molar refractivity (Wildman–Crippen MR) is 68.6 cm³/mol. The fraction of sp³-hybridized carbons (Fsp3) is 0.250. The summed E-state index contributed by atoms with van der Waals surface area (Å²) in [6.45, 7) is 0.427. The first-order valence-electron chi connectivity index (χ1n) is 5.24. The number of rotatable bonds is 5. The third-order valence-corrected chi connectivity index (χ3v) is 3.04. The van der Waals surface area contributed by atoms with Crippen molar-refractivity contribution in [3.8, 4) is 5.88 Å². The molecule has 0 spiro atoms. The Morgan fingerprint density at radius 3 is 3.06 bits per heavy atom. The summed E-state index contributed by atoms with van der Waals surface area (Å²) < 4.78 is 5.02. The second-order valence-corrected chi connectivity index (χ2v) is 4.30. The molecule has 2 N–H and O–H groups in total. The van der Waals surface area contributed by atoms with Gasteiger partial charge in [-0.2, -0.15) is 16.3 Å². The van der Waals surface area contributed by atoms with Crippen molar-refractivity contribution in [3.05, 3.63) is 40.6 Å². The monoisotopic (exact) mass is 250 g/mol. The highest BCUT2D eigenvalue weighted by Crippen LogP contribution is 2.17. The predicted octanol–water partition coefficient (Wildman–Crippen LogP) is 2.30. The lowest BCUT2D eigenvalue weighted by Crippen LogP contribution is -2.12. The van der Waals surface area contributed by atoms with E-state index in [4.69, 9.17) is 4.74 Å². The molecule has 0 radical (unpaired) electrons. The molecule has 2 aromatic heterocycles. The minimum absolute atomic E-state index is 0.427. The van der Waals surface area contributed by atoms with E-state index < -0.39 is 6.10 Å². The molecule has 0 saturated heterocycles. The fourth-order valence-corrected chi connectivity index (χ4v) is 2.12. The first-order chi connectivity index (χ1) is 8.29. The topological polar surface area (TPSA) is 54.4 Å². The molecule has 0 aliphatic heterocycles. The maximum atomic E-state index is 9.88. The molecular formula is C12H14N2O2S. The van der Waals surface area contributed by atoms with Crippen LogP contribution in [0, 0.1) is 0 Å². The average Bonchev–Trinajstić information content (AvgIpc) is 2.90. The zero-order chi connectivity index (χ0) is 12.1. The van der Waals surface area contributed by atoms with Gasteiger partial charge in [-0.15, -0.1) is 0 Å². The van der Waals surface area contributed by atoms with Gasteiger partial charge >= 0.3 is 0 Å². The van der Waals surface area contributed by atoms with Gasteiger partial charge in [-0.1, -0.05) is 6.07 Å². The zero-order valence-corrected chi connectivity index (χ0v) is 10.3. The molecule has 2 heterocycles. The fourth-order valence-electron chi connectivity index (χ4n) is 1.41. The van der Waals surface area contributed by atoms with Crippen LogP contribution in [0.2, 0.25) is 0 Å². The Balaban J connectivity index is 1.93. The Morgan fingerprint density at radius 2 is 2.35 bits per heavy atom. The molecule has 0 aliphatic rings. The summed E-state index contributed by atoms with van der Waals surface area (Å²) in [6, 6.07) is 7.38. The second kappa shape index (κ2) is 5.65. The molecule has 0 bridgehead atoms. The van der Waals surface area contributed by atoms with E-state index in [1.54, 1.807) is 24.5 Å². The van der Waals surface area contributed by atoms with E-state index in [9.17, 15) is 5.11 Å². The van der Waals surface area contributed by atoms with Crippen LogP contribution in [0.3, 0.4) is 0 Å². The molecule has 0 aromatic carbocycles. The number of nitrogens with zero attached hydrogens (tertiary/aromatic N) is 1. The lowest BCUT2D eigenvalue weighted by Gasteiger charge is -2.11. The number of aliphatic hydroxyl groups excluding tert-OH is 1. The summed E-state index contributed by atoms with van der Waals surface area (Å²) >= 11 is 1.57. The first-order valence-corrected chi connectivity index (χ1v) is 6.19. The number of hydrogen-bond acceptors (Lipinski definition) is 5. The van der Waals surface area contributed by atoms with Gasteiger partial charge in [0.15, 0.2) is 0 Å². The molecule has 0 aliphatic carbocycles. The Labute approximate surface area is 104 Å². The van der Waals surface area contributed by atoms with Crippen molar-refractivity contribution >= 4 is 17.2 Å². The Bertz CT molecular complexity index is 459. The van der Waals surface area contributed by atoms with Crippen LogP contribution in [0.15, 0.2) is 35.0 Å². The van der Waals surface area contributed by atoms with Crippen LogP contribution in [0.1, 0.15) is 11.7 Å². The Kier molecular flexibility index (Phi) is 3.95. The second-order valence-electron chi connectivity index (χ2n) is 3.52. The highest BCUT2D eigenvalue weighted by molar-refractivity contribution is 7.07. The highest BCUT2D eigenvalue weighted by atomic mass is 32.1. The summed E-state index contributed by atoms with van der Waals surface area (Å²) in [5.41, 5.74) is 0.922. The lowest BCUT2D eigenvalue weighted by atomic mass is 10.2. The Hall–Kier alpha value is -1.59. The average molecular weight is 250 g/mol. The van der Waals surface area contributed by atoms with E-state index in [0.29, 0.717) is 18.2 Å². The van der Waals surface area contributed by atoms with Crippen molar-refractivity contribution in [1.29, 1.82) is 0 Å². The maximum absolute atomic E-state index is 9.88. The number of nitrogens with one attached hydrogen (secondary N) is 1. The number of aromatic nitrogens is 1. The van der Waals surface area contributed by atoms with E-state index in [-0.39, 0.29) is 0 Å². The van der Waals surface area contributed by atoms with Crippen molar-refractivity contribution in [2.75, 3.05) is 19.0 Å². The standard InChI is InChI=1S/C12H14N2O2S/c1-16-12-4-2-3-11(14-12)13-7-10(15)9-5-6-17-8-9/h2-6,8,10,15H,7H2,1H3,(H,13,14). The van der Waals surface area contributed by atoms with Crippen LogP contribution in [0.25, 0.3) is 0 Å². The molecule has 1 atom stereocenters. The van der Waals surface area contributed by atoms with Gasteiger partial charge in [0.25, 0.3) is 0 Å². The third kappa shape index (κ3) is 3.18. The van der Waals surface area contributed by atoms with Crippen LogP contribution >= 0.6 is 11.3 Å². The highest BCUT2D eigenvalue weighted by Gasteiger charge is 2.07. The van der Waals surface area contributed by atoms with Gasteiger partial charge in [0.1, 0.15) is 5.82 Å². The van der Waals surface area contributed by atoms with Crippen LogP contribution in [0.5, 0.6) is 5.88 Å². The summed E-state index contributed by atoms with van der Waals surface area (Å²) in [7, 11) is 1.58. The van der Waals surface area contributed by atoms with E-state index in [1.165, 1.54) is 0 Å². The minimum Gasteiger partial charge on any atom is -0.481 e. The van der Waals surface area contributed by atoms with Gasteiger partial charge in [-0.25, -0.2) is 0 Å². The molecular weight excluding hydrogens is 236 g/mol. The number of methoxy groups -OCH3 is 1. The molecule has 17 heavy (non-hydrogen) atoms. The number of hydrogen-bond donors (Lipinski definition) is 2. The molecule has 0 amide bonds. The van der Waals surface area contributed by atoms with Crippen molar-refractivity contribution in [3.63, 3.8) is 0 Å². The van der Waals surface area contributed by atoms with E-state index >= 15 is 0 Å². The third-order valence-electron chi connectivity index (χ3n) is 2.34. The van der Waals surface area contributed by atoms with Crippen LogP contribution in [-0.2, 0) is 0 Å². The van der Waals surface area contributed by atoms with E-state index in [1.807, 2.05) is 29.0 Å². The zero-order valence-electron chi connectivity index (χ0n) is 9.46. The quantitative estimate of drug-likeness (QED) is 0.855. The van der Waals surface area contributed by atoms with Crippen LogP contribution in [-0.4, -0.2) is 23.7 Å². The maximum Gasteiger partial charge on any atom is 0.214 e. The number of pyridine rings is 1. The molecule has 2 aromatic rings. The molecule has 5 heteroatoms. The SMILES string of the molecule is COc1cccc(NCC(O)c2ccsc2)n1. The van der Waals surface area contributed by atoms with Crippen LogP contribution < -0.4 is 10.1 Å². The normalized spacial score (nSPS) is 12.1. The summed E-state index contributed by atoms with van der Waals surface area (Å²) in [5, 5.41) is 16.8. The number of anilines is 1. The van der Waals surface area contributed by atoms with Crippen molar-refractivity contribution < 1.29 is 9.84 Å². The lowest BCUT2D eigenvalue weighted by molar-refractivity contribution is 0.192. The van der Waals surface area contributed by atoms with Gasteiger partial charge in [-0.05, 0) is 28.5 Å². The van der Waals surface area contributed by atoms with Gasteiger partial charge in [0.05, 0.1) is 13.2 Å². The largest absolute Gasteiger partial charge is 0.481 e. The van der Waals surface area contributed by atoms with Crippen molar-refractivity contribution in [2.45, 2.75) is 6.10 Å². The van der Waals surface area contributed by atoms with E-state index in [0.717, 1.165) is 5.56 Å². The smallest absolute Gasteiger partial charge is 0.214 e. The van der Waals surface area contributed by atoms with Gasteiger partial charge in [0, 0.05) is 12.6 Å². The van der Waals surface area contributed by atoms with Gasteiger partial charge in [-0.3, -0.25) is 0 Å². The van der Waals surface area contributed by atoms with Crippen LogP contribution in [0.4, 0.5) is 5.82 Å². The number of thiophene rings is 1. The Morgan fingerprint density at radius 1 is 1.47 bits per heavy atom. The molecule has 1 unspecified atom stereocenters. The summed E-state index contributed by atoms with van der Waals surface area (Å²) in [6.07, 6.45) is -0.519. The molecule has 0 saturated carbocycles. The van der Waals surface area contributed by atoms with Gasteiger partial charge < -0.3 is 15.2 Å². The molecule has 2 rings (SSSR count).